The maximum absolute atomic E-state index is 12.5. The number of Topliss-reactive ketones (excluding diaryl/α,β-unsaturated/α-hetero) is 1. The molecule has 156 valence electrons. The lowest BCUT2D eigenvalue weighted by atomic mass is 9.98. The minimum Gasteiger partial charge on any atom is -0.492 e. The van der Waals surface area contributed by atoms with Crippen molar-refractivity contribution in [3.05, 3.63) is 63.6 Å². The summed E-state index contributed by atoms with van der Waals surface area (Å²) in [6.45, 7) is 2.34. The van der Waals surface area contributed by atoms with E-state index in [0.717, 1.165) is 24.8 Å². The highest BCUT2D eigenvalue weighted by Crippen LogP contribution is 2.43. The molecule has 0 bridgehead atoms. The maximum Gasteiger partial charge on any atom is 0.303 e. The Kier molecular flexibility index (Phi) is 9.49. The molecule has 2 aromatic carbocycles. The van der Waals surface area contributed by atoms with Crippen molar-refractivity contribution in [2.75, 3.05) is 6.61 Å². The van der Waals surface area contributed by atoms with Crippen molar-refractivity contribution in [1.29, 1.82) is 0 Å². The van der Waals surface area contributed by atoms with Crippen LogP contribution in [-0.4, -0.2) is 23.5 Å². The molecule has 0 aromatic heterocycles. The average Bonchev–Trinajstić information content (AvgIpc) is 3.04. The Hall–Kier alpha value is -2.04. The van der Waals surface area contributed by atoms with E-state index in [2.05, 4.69) is 6.92 Å². The number of ether oxygens (including phenoxy) is 1. The number of unbranched alkanes of at least 4 members (excludes halogenated alkanes) is 1. The summed E-state index contributed by atoms with van der Waals surface area (Å²) in [5.41, 5.74) is 1.40. The summed E-state index contributed by atoms with van der Waals surface area (Å²) in [4.78, 5) is 23.0. The molecule has 1 aliphatic carbocycles. The van der Waals surface area contributed by atoms with Crippen LogP contribution < -0.4 is 4.74 Å². The van der Waals surface area contributed by atoms with Crippen molar-refractivity contribution in [3.63, 3.8) is 0 Å². The van der Waals surface area contributed by atoms with E-state index in [1.807, 2.05) is 36.4 Å². The quantitative estimate of drug-likeness (QED) is 0.481. The third kappa shape index (κ3) is 6.76. The summed E-state index contributed by atoms with van der Waals surface area (Å²) in [7, 11) is 0. The number of carboxylic acid groups (broad SMARTS) is 1. The average molecular weight is 437 g/mol. The van der Waals surface area contributed by atoms with E-state index in [4.69, 9.17) is 33.0 Å². The second-order valence-electron chi connectivity index (χ2n) is 6.94. The summed E-state index contributed by atoms with van der Waals surface area (Å²) >= 11 is 12.5. The molecule has 6 heteroatoms. The largest absolute Gasteiger partial charge is 0.492 e. The Balaban J connectivity index is 0.000000426. The molecule has 4 nitrogen and oxygen atoms in total. The van der Waals surface area contributed by atoms with Gasteiger partial charge in [0.05, 0.1) is 11.6 Å². The first-order valence-corrected chi connectivity index (χ1v) is 10.6. The first-order valence-electron chi connectivity index (χ1n) is 9.85. The second kappa shape index (κ2) is 11.8. The molecule has 0 aliphatic heterocycles. The Labute approximate surface area is 181 Å². The van der Waals surface area contributed by atoms with Crippen LogP contribution in [0.25, 0.3) is 0 Å². The molecule has 1 unspecified atom stereocenters. The zero-order valence-corrected chi connectivity index (χ0v) is 18.0. The first-order chi connectivity index (χ1) is 14.0. The lowest BCUT2D eigenvalue weighted by molar-refractivity contribution is -0.137. The van der Waals surface area contributed by atoms with E-state index in [9.17, 15) is 9.59 Å². The number of hydrogen-bond donors (Lipinski definition) is 1. The molecule has 3 rings (SSSR count). The van der Waals surface area contributed by atoms with E-state index < -0.39 is 5.97 Å². The smallest absolute Gasteiger partial charge is 0.303 e. The van der Waals surface area contributed by atoms with Gasteiger partial charge in [-0.05, 0) is 30.9 Å². The zero-order chi connectivity index (χ0) is 21.2. The van der Waals surface area contributed by atoms with E-state index in [1.165, 1.54) is 0 Å². The lowest BCUT2D eigenvalue weighted by Crippen LogP contribution is -2.09. The minimum absolute atomic E-state index is 0.0271. The van der Waals surface area contributed by atoms with Crippen LogP contribution in [0.5, 0.6) is 5.75 Å². The Morgan fingerprint density at radius 2 is 1.72 bits per heavy atom. The molecule has 0 spiro atoms. The molecule has 0 fully saturated rings. The number of ketones is 1. The van der Waals surface area contributed by atoms with Gasteiger partial charge in [0, 0.05) is 17.9 Å². The fraction of sp³-hybridized carbons (Fsp3) is 0.391. The van der Waals surface area contributed by atoms with Gasteiger partial charge in [0.2, 0.25) is 0 Å². The van der Waals surface area contributed by atoms with Crippen molar-refractivity contribution in [2.45, 2.75) is 45.4 Å². The SMILES string of the molecule is CCCCC1Cc2cc(OCCCC(=O)O)c(Cl)c(Cl)c2C1=O.c1ccccc1. The number of carboxylic acids is 1. The highest BCUT2D eigenvalue weighted by molar-refractivity contribution is 6.45. The number of carbonyl (C=O) groups excluding carboxylic acids is 1. The molecule has 1 aliphatic rings. The van der Waals surface area contributed by atoms with Gasteiger partial charge in [-0.25, -0.2) is 0 Å². The number of aliphatic carboxylic acids is 1. The predicted molar refractivity (Wildman–Crippen MR) is 116 cm³/mol. The molecule has 1 atom stereocenters. The number of rotatable bonds is 8. The summed E-state index contributed by atoms with van der Waals surface area (Å²) in [5.74, 6) is -0.403. The number of benzene rings is 2. The number of hydrogen-bond acceptors (Lipinski definition) is 3. The molecule has 0 heterocycles. The van der Waals surface area contributed by atoms with Gasteiger partial charge in [0.15, 0.2) is 5.78 Å². The first kappa shape index (κ1) is 23.2. The molecule has 0 amide bonds. The molecular formula is C23H26Cl2O4. The van der Waals surface area contributed by atoms with E-state index in [-0.39, 0.29) is 34.8 Å². The van der Waals surface area contributed by atoms with Gasteiger partial charge in [-0.1, -0.05) is 79.4 Å². The molecule has 29 heavy (non-hydrogen) atoms. The lowest BCUT2D eigenvalue weighted by Gasteiger charge is -2.11. The highest BCUT2D eigenvalue weighted by atomic mass is 35.5. The molecule has 0 saturated heterocycles. The Morgan fingerprint density at radius 1 is 1.10 bits per heavy atom. The summed E-state index contributed by atoms with van der Waals surface area (Å²) < 4.78 is 5.55. The molecule has 2 aromatic rings. The monoisotopic (exact) mass is 436 g/mol. The fourth-order valence-corrected chi connectivity index (χ4v) is 3.73. The van der Waals surface area contributed by atoms with Gasteiger partial charge in [-0.3, -0.25) is 9.59 Å². The van der Waals surface area contributed by atoms with Gasteiger partial charge < -0.3 is 9.84 Å². The van der Waals surface area contributed by atoms with Gasteiger partial charge >= 0.3 is 5.97 Å². The highest BCUT2D eigenvalue weighted by Gasteiger charge is 2.34. The third-order valence-corrected chi connectivity index (χ3v) is 5.55. The number of halogens is 2. The maximum atomic E-state index is 12.5. The van der Waals surface area contributed by atoms with Gasteiger partial charge in [0.1, 0.15) is 10.8 Å². The Morgan fingerprint density at radius 3 is 2.28 bits per heavy atom. The van der Waals surface area contributed by atoms with Crippen molar-refractivity contribution in [2.24, 2.45) is 5.92 Å². The molecule has 1 N–H and O–H groups in total. The molecule has 0 saturated carbocycles. The van der Waals surface area contributed by atoms with Crippen LogP contribution in [0.4, 0.5) is 0 Å². The standard InChI is InChI=1S/C17H20Cl2O4.C6H6/c1-2-3-5-10-8-11-9-12(23-7-4-6-13(20)21)15(18)16(19)14(11)17(10)22;1-2-4-6-5-3-1/h9-10H,2-8H2,1H3,(H,20,21);1-6H. The van der Waals surface area contributed by atoms with Crippen LogP contribution in [0.2, 0.25) is 10.0 Å². The van der Waals surface area contributed by atoms with Crippen LogP contribution in [0, 0.1) is 5.92 Å². The van der Waals surface area contributed by atoms with Crippen molar-refractivity contribution in [3.8, 4) is 5.75 Å². The van der Waals surface area contributed by atoms with Crippen LogP contribution in [-0.2, 0) is 11.2 Å². The third-order valence-electron chi connectivity index (χ3n) is 4.70. The van der Waals surface area contributed by atoms with Crippen molar-refractivity contribution in [1.82, 2.24) is 0 Å². The van der Waals surface area contributed by atoms with Crippen molar-refractivity contribution < 1.29 is 19.4 Å². The summed E-state index contributed by atoms with van der Waals surface area (Å²) in [5, 5.41) is 9.10. The van der Waals surface area contributed by atoms with Crippen LogP contribution in [0.1, 0.15) is 54.9 Å². The molecular weight excluding hydrogens is 411 g/mol. The van der Waals surface area contributed by atoms with Crippen molar-refractivity contribution >= 4 is 35.0 Å². The topological polar surface area (TPSA) is 63.6 Å². The minimum atomic E-state index is -0.865. The molecule has 0 radical (unpaired) electrons. The number of fused-ring (bicyclic) bond motifs is 1. The summed E-state index contributed by atoms with van der Waals surface area (Å²) in [6.07, 6.45) is 4.00. The van der Waals surface area contributed by atoms with Gasteiger partial charge in [-0.2, -0.15) is 0 Å². The van der Waals surface area contributed by atoms with E-state index in [0.29, 0.717) is 24.2 Å². The second-order valence-corrected chi connectivity index (χ2v) is 7.70. The normalized spacial score (nSPS) is 14.7. The van der Waals surface area contributed by atoms with E-state index in [1.54, 1.807) is 6.07 Å². The van der Waals surface area contributed by atoms with E-state index >= 15 is 0 Å². The number of carbonyl (C=O) groups is 2. The Bertz CT molecular complexity index is 795. The zero-order valence-electron chi connectivity index (χ0n) is 16.5. The fourth-order valence-electron chi connectivity index (χ4n) is 3.22. The van der Waals surface area contributed by atoms with Gasteiger partial charge in [-0.15, -0.1) is 0 Å². The van der Waals surface area contributed by atoms with Crippen LogP contribution in [0.15, 0.2) is 42.5 Å². The predicted octanol–water partition coefficient (Wildman–Crippen LogP) is 6.47. The summed E-state index contributed by atoms with van der Waals surface area (Å²) in [6, 6.07) is 13.8. The van der Waals surface area contributed by atoms with Gasteiger partial charge in [0.25, 0.3) is 0 Å². The van der Waals surface area contributed by atoms with Crippen LogP contribution in [0.3, 0.4) is 0 Å². The van der Waals surface area contributed by atoms with Crippen LogP contribution >= 0.6 is 23.2 Å².